The molecule has 0 aliphatic heterocycles. The monoisotopic (exact) mass is 250 g/mol. The van der Waals surface area contributed by atoms with E-state index in [2.05, 4.69) is 17.2 Å². The first-order valence-corrected chi connectivity index (χ1v) is 6.37. The molecule has 100 valence electrons. The maximum Gasteiger partial charge on any atom is 0.267 e. The summed E-state index contributed by atoms with van der Waals surface area (Å²) in [5, 5.41) is 3.31. The Kier molecular flexibility index (Phi) is 6.14. The van der Waals surface area contributed by atoms with Crippen molar-refractivity contribution in [3.63, 3.8) is 0 Å². The van der Waals surface area contributed by atoms with E-state index in [-0.39, 0.29) is 5.69 Å². The average Bonchev–Trinajstić information content (AvgIpc) is 2.37. The Balaban J connectivity index is 2.55. The van der Waals surface area contributed by atoms with E-state index in [1.165, 1.54) is 0 Å². The Bertz CT molecular complexity index is 375. The second-order valence-electron chi connectivity index (χ2n) is 4.41. The minimum absolute atomic E-state index is 0.283. The van der Waals surface area contributed by atoms with E-state index < -0.39 is 5.91 Å². The van der Waals surface area contributed by atoms with Gasteiger partial charge in [-0.25, -0.2) is 0 Å². The lowest BCUT2D eigenvalue weighted by molar-refractivity contribution is 0.0995. The highest BCUT2D eigenvalue weighted by Gasteiger charge is 2.07. The first kappa shape index (κ1) is 14.4. The first-order chi connectivity index (χ1) is 8.67. The van der Waals surface area contributed by atoms with Crippen LogP contribution in [0.3, 0.4) is 0 Å². The van der Waals surface area contributed by atoms with Gasteiger partial charge in [-0.2, -0.15) is 0 Å². The maximum absolute atomic E-state index is 11.0. The van der Waals surface area contributed by atoms with Crippen LogP contribution in [0.4, 0.5) is 5.69 Å². The largest absolute Gasteiger partial charge is 0.385 e. The predicted molar refractivity (Wildman–Crippen MR) is 73.3 cm³/mol. The number of anilines is 1. The van der Waals surface area contributed by atoms with Crippen molar-refractivity contribution >= 4 is 11.6 Å². The molecule has 1 aromatic heterocycles. The molecule has 0 aromatic carbocycles. The molecule has 1 rings (SSSR count). The van der Waals surface area contributed by atoms with Gasteiger partial charge in [0.25, 0.3) is 5.91 Å². The lowest BCUT2D eigenvalue weighted by Gasteiger charge is -2.16. The Hall–Kier alpha value is -1.62. The number of nitrogens with two attached hydrogens (primary N) is 2. The third kappa shape index (κ3) is 4.71. The van der Waals surface area contributed by atoms with Gasteiger partial charge in [0.1, 0.15) is 5.69 Å². The standard InChI is InChI=1S/C13H22N4O/c1-2-3-10(4-6-14)9-17-11-5-7-16-12(8-11)13(15)18/h5,7-8,10H,2-4,6,9,14H2,1H3,(H2,15,18)(H,16,17). The number of rotatable bonds is 8. The first-order valence-electron chi connectivity index (χ1n) is 6.37. The number of nitrogens with zero attached hydrogens (tertiary/aromatic N) is 1. The summed E-state index contributed by atoms with van der Waals surface area (Å²) in [5.41, 5.74) is 11.9. The molecule has 0 saturated heterocycles. The molecule has 1 aromatic rings. The van der Waals surface area contributed by atoms with Crippen LogP contribution in [0.1, 0.15) is 36.7 Å². The van der Waals surface area contributed by atoms with E-state index in [1.54, 1.807) is 12.3 Å². The Morgan fingerprint density at radius 2 is 2.28 bits per heavy atom. The zero-order chi connectivity index (χ0) is 13.4. The minimum atomic E-state index is -0.509. The van der Waals surface area contributed by atoms with E-state index in [0.29, 0.717) is 12.5 Å². The van der Waals surface area contributed by atoms with Crippen molar-refractivity contribution in [2.45, 2.75) is 26.2 Å². The molecule has 5 N–H and O–H groups in total. The van der Waals surface area contributed by atoms with Gasteiger partial charge in [0.2, 0.25) is 0 Å². The van der Waals surface area contributed by atoms with Gasteiger partial charge in [-0.05, 0) is 37.4 Å². The number of amides is 1. The summed E-state index contributed by atoms with van der Waals surface area (Å²) in [7, 11) is 0. The quantitative estimate of drug-likeness (QED) is 0.649. The van der Waals surface area contributed by atoms with Crippen LogP contribution in [-0.4, -0.2) is 24.0 Å². The highest BCUT2D eigenvalue weighted by atomic mass is 16.1. The minimum Gasteiger partial charge on any atom is -0.385 e. The van der Waals surface area contributed by atoms with E-state index in [0.717, 1.165) is 31.5 Å². The fraction of sp³-hybridized carbons (Fsp3) is 0.538. The van der Waals surface area contributed by atoms with Crippen LogP contribution in [0, 0.1) is 5.92 Å². The number of aromatic nitrogens is 1. The summed E-state index contributed by atoms with van der Waals surface area (Å²) in [5.74, 6) is 0.0518. The highest BCUT2D eigenvalue weighted by Crippen LogP contribution is 2.13. The number of carbonyl (C=O) groups is 1. The van der Waals surface area contributed by atoms with Crippen molar-refractivity contribution in [1.82, 2.24) is 4.98 Å². The molecule has 18 heavy (non-hydrogen) atoms. The molecule has 0 spiro atoms. The van der Waals surface area contributed by atoms with Crippen molar-refractivity contribution in [2.24, 2.45) is 17.4 Å². The van der Waals surface area contributed by atoms with Crippen LogP contribution in [0.2, 0.25) is 0 Å². The fourth-order valence-electron chi connectivity index (χ4n) is 1.93. The molecule has 0 aliphatic carbocycles. The third-order valence-electron chi connectivity index (χ3n) is 2.88. The lowest BCUT2D eigenvalue weighted by Crippen LogP contribution is -2.18. The van der Waals surface area contributed by atoms with Crippen LogP contribution in [0.25, 0.3) is 0 Å². The summed E-state index contributed by atoms with van der Waals surface area (Å²) in [6, 6.07) is 3.51. The zero-order valence-electron chi connectivity index (χ0n) is 10.9. The van der Waals surface area contributed by atoms with Crippen molar-refractivity contribution in [2.75, 3.05) is 18.4 Å². The van der Waals surface area contributed by atoms with Gasteiger partial charge in [-0.3, -0.25) is 9.78 Å². The van der Waals surface area contributed by atoms with Crippen molar-refractivity contribution in [3.8, 4) is 0 Å². The van der Waals surface area contributed by atoms with Gasteiger partial charge in [-0.15, -0.1) is 0 Å². The van der Waals surface area contributed by atoms with E-state index in [1.807, 2.05) is 6.07 Å². The van der Waals surface area contributed by atoms with Crippen LogP contribution < -0.4 is 16.8 Å². The smallest absolute Gasteiger partial charge is 0.267 e. The van der Waals surface area contributed by atoms with E-state index in [4.69, 9.17) is 11.5 Å². The van der Waals surface area contributed by atoms with Crippen molar-refractivity contribution in [1.29, 1.82) is 0 Å². The summed E-state index contributed by atoms with van der Waals surface area (Å²) < 4.78 is 0. The van der Waals surface area contributed by atoms with Gasteiger partial charge in [-0.1, -0.05) is 13.3 Å². The highest BCUT2D eigenvalue weighted by molar-refractivity contribution is 5.91. The van der Waals surface area contributed by atoms with E-state index in [9.17, 15) is 4.79 Å². The number of nitrogens with one attached hydrogen (secondary N) is 1. The van der Waals surface area contributed by atoms with Crippen molar-refractivity contribution < 1.29 is 4.79 Å². The van der Waals surface area contributed by atoms with Crippen LogP contribution >= 0.6 is 0 Å². The molecular weight excluding hydrogens is 228 g/mol. The molecule has 0 saturated carbocycles. The molecule has 0 fully saturated rings. The van der Waals surface area contributed by atoms with Gasteiger partial charge in [0.15, 0.2) is 0 Å². The molecule has 1 unspecified atom stereocenters. The number of carbonyl (C=O) groups excluding carboxylic acids is 1. The second-order valence-corrected chi connectivity index (χ2v) is 4.41. The number of primary amides is 1. The molecule has 0 aliphatic rings. The van der Waals surface area contributed by atoms with Crippen molar-refractivity contribution in [3.05, 3.63) is 24.0 Å². The summed E-state index contributed by atoms with van der Waals surface area (Å²) in [4.78, 5) is 14.9. The van der Waals surface area contributed by atoms with Gasteiger partial charge in [0, 0.05) is 18.4 Å². The van der Waals surface area contributed by atoms with Gasteiger partial charge < -0.3 is 16.8 Å². The Morgan fingerprint density at radius 3 is 2.89 bits per heavy atom. The predicted octanol–water partition coefficient (Wildman–Crippen LogP) is 1.36. The molecular formula is C13H22N4O. The Morgan fingerprint density at radius 1 is 1.50 bits per heavy atom. The van der Waals surface area contributed by atoms with Gasteiger partial charge >= 0.3 is 0 Å². The lowest BCUT2D eigenvalue weighted by atomic mass is 10.00. The molecule has 1 heterocycles. The second kappa shape index (κ2) is 7.66. The number of hydrogen-bond acceptors (Lipinski definition) is 4. The van der Waals surface area contributed by atoms with Crippen LogP contribution in [0.5, 0.6) is 0 Å². The molecule has 1 atom stereocenters. The maximum atomic E-state index is 11.0. The van der Waals surface area contributed by atoms with Gasteiger partial charge in [0.05, 0.1) is 0 Å². The molecule has 0 bridgehead atoms. The average molecular weight is 250 g/mol. The van der Waals surface area contributed by atoms with Crippen LogP contribution in [0.15, 0.2) is 18.3 Å². The molecule has 5 nitrogen and oxygen atoms in total. The summed E-state index contributed by atoms with van der Waals surface area (Å²) in [6.07, 6.45) is 4.89. The summed E-state index contributed by atoms with van der Waals surface area (Å²) >= 11 is 0. The molecule has 0 radical (unpaired) electrons. The third-order valence-corrected chi connectivity index (χ3v) is 2.88. The van der Waals surface area contributed by atoms with E-state index >= 15 is 0 Å². The fourth-order valence-corrected chi connectivity index (χ4v) is 1.93. The Labute approximate surface area is 108 Å². The summed E-state index contributed by atoms with van der Waals surface area (Å²) in [6.45, 7) is 3.73. The SMILES string of the molecule is CCCC(CCN)CNc1ccnc(C(N)=O)c1. The normalized spacial score (nSPS) is 12.1. The molecule has 1 amide bonds. The zero-order valence-corrected chi connectivity index (χ0v) is 10.9. The molecule has 5 heteroatoms. The van der Waals surface area contributed by atoms with Crippen LogP contribution in [-0.2, 0) is 0 Å². The number of pyridine rings is 1. The number of hydrogen-bond donors (Lipinski definition) is 3. The topological polar surface area (TPSA) is 94.0 Å².